The van der Waals surface area contributed by atoms with Gasteiger partial charge in [0.2, 0.25) is 0 Å². The zero-order valence-electron chi connectivity index (χ0n) is 9.91. The molecule has 20 heavy (non-hydrogen) atoms. The Kier molecular flexibility index (Phi) is 3.69. The molecule has 104 valence electrons. The number of nitrogens with zero attached hydrogens (tertiary/aromatic N) is 1. The highest BCUT2D eigenvalue weighted by atomic mass is 19.4. The minimum absolute atomic E-state index is 0.307. The molecule has 0 aliphatic rings. The fraction of sp³-hybridized carbons (Fsp3) is 0.0769. The standard InChI is InChI=1S/C13H8F4N2O/c14-11-2-1-8(13(15,16)17)7-10(11)12(20)19-9-3-5-18-6-4-9/h1-7H,(H,18,19,20). The maximum absolute atomic E-state index is 13.5. The number of pyridine rings is 1. The number of anilines is 1. The van der Waals surface area contributed by atoms with E-state index in [1.165, 1.54) is 24.5 Å². The SMILES string of the molecule is O=C(Nc1ccncc1)c1cc(C(F)(F)F)ccc1F. The number of amides is 1. The predicted octanol–water partition coefficient (Wildman–Crippen LogP) is 3.49. The smallest absolute Gasteiger partial charge is 0.322 e. The minimum Gasteiger partial charge on any atom is -0.322 e. The third-order valence-corrected chi connectivity index (χ3v) is 2.48. The molecule has 0 atom stereocenters. The fourth-order valence-corrected chi connectivity index (χ4v) is 1.51. The Labute approximate surface area is 111 Å². The van der Waals surface area contributed by atoms with Crippen molar-refractivity contribution in [3.05, 3.63) is 59.7 Å². The number of alkyl halides is 3. The molecule has 0 unspecified atom stereocenters. The van der Waals surface area contributed by atoms with Crippen LogP contribution in [0.15, 0.2) is 42.7 Å². The number of hydrogen-bond acceptors (Lipinski definition) is 2. The average Bonchev–Trinajstić information content (AvgIpc) is 2.39. The van der Waals surface area contributed by atoms with Crippen molar-refractivity contribution in [2.45, 2.75) is 6.18 Å². The zero-order chi connectivity index (χ0) is 14.8. The summed E-state index contributed by atoms with van der Waals surface area (Å²) in [4.78, 5) is 15.5. The lowest BCUT2D eigenvalue weighted by Gasteiger charge is -2.10. The molecule has 3 nitrogen and oxygen atoms in total. The topological polar surface area (TPSA) is 42.0 Å². The fourth-order valence-electron chi connectivity index (χ4n) is 1.51. The first kappa shape index (κ1) is 14.0. The van der Waals surface area contributed by atoms with Crippen molar-refractivity contribution in [1.29, 1.82) is 0 Å². The van der Waals surface area contributed by atoms with E-state index in [4.69, 9.17) is 0 Å². The summed E-state index contributed by atoms with van der Waals surface area (Å²) in [7, 11) is 0. The first-order valence-corrected chi connectivity index (χ1v) is 5.46. The Morgan fingerprint density at radius 3 is 2.35 bits per heavy atom. The number of carbonyl (C=O) groups excluding carboxylic acids is 1. The van der Waals surface area contributed by atoms with Gasteiger partial charge in [-0.2, -0.15) is 13.2 Å². The number of carbonyl (C=O) groups is 1. The summed E-state index contributed by atoms with van der Waals surface area (Å²) in [6, 6.07) is 4.54. The van der Waals surface area contributed by atoms with Crippen molar-refractivity contribution < 1.29 is 22.4 Å². The molecule has 7 heteroatoms. The molecule has 0 saturated heterocycles. The van der Waals surface area contributed by atoms with Crippen LogP contribution in [0.2, 0.25) is 0 Å². The van der Waals surface area contributed by atoms with Crippen LogP contribution in [0.5, 0.6) is 0 Å². The van der Waals surface area contributed by atoms with Crippen LogP contribution in [0.3, 0.4) is 0 Å². The number of rotatable bonds is 2. The third-order valence-electron chi connectivity index (χ3n) is 2.48. The quantitative estimate of drug-likeness (QED) is 0.858. The van der Waals surface area contributed by atoms with Gasteiger partial charge in [-0.1, -0.05) is 0 Å². The van der Waals surface area contributed by atoms with E-state index in [-0.39, 0.29) is 0 Å². The van der Waals surface area contributed by atoms with E-state index in [0.717, 1.165) is 0 Å². The molecule has 0 saturated carbocycles. The van der Waals surface area contributed by atoms with Crippen LogP contribution in [0.1, 0.15) is 15.9 Å². The van der Waals surface area contributed by atoms with Gasteiger partial charge in [0.25, 0.3) is 5.91 Å². The average molecular weight is 284 g/mol. The number of halogens is 4. The van der Waals surface area contributed by atoms with Crippen LogP contribution in [-0.4, -0.2) is 10.9 Å². The lowest BCUT2D eigenvalue weighted by atomic mass is 10.1. The van der Waals surface area contributed by atoms with Crippen molar-refractivity contribution in [2.24, 2.45) is 0 Å². The number of aromatic nitrogens is 1. The van der Waals surface area contributed by atoms with Gasteiger partial charge in [-0.05, 0) is 30.3 Å². The summed E-state index contributed by atoms with van der Waals surface area (Å²) in [5, 5.41) is 2.29. The van der Waals surface area contributed by atoms with Crippen molar-refractivity contribution in [1.82, 2.24) is 4.98 Å². The van der Waals surface area contributed by atoms with Crippen LogP contribution < -0.4 is 5.32 Å². The molecule has 1 aromatic heterocycles. The van der Waals surface area contributed by atoms with Crippen LogP contribution in [0, 0.1) is 5.82 Å². The molecular formula is C13H8F4N2O. The highest BCUT2D eigenvalue weighted by Crippen LogP contribution is 2.30. The molecule has 0 spiro atoms. The number of hydrogen-bond donors (Lipinski definition) is 1. The van der Waals surface area contributed by atoms with Crippen molar-refractivity contribution in [2.75, 3.05) is 5.32 Å². The normalized spacial score (nSPS) is 11.2. The van der Waals surface area contributed by atoms with Crippen LogP contribution in [0.4, 0.5) is 23.2 Å². The highest BCUT2D eigenvalue weighted by molar-refractivity contribution is 6.04. The first-order valence-electron chi connectivity index (χ1n) is 5.46. The van der Waals surface area contributed by atoms with Crippen LogP contribution in [-0.2, 0) is 6.18 Å². The monoisotopic (exact) mass is 284 g/mol. The Balaban J connectivity index is 2.30. The van der Waals surface area contributed by atoms with E-state index < -0.39 is 29.0 Å². The molecule has 0 fully saturated rings. The molecule has 2 aromatic rings. The second-order valence-electron chi connectivity index (χ2n) is 3.88. The van der Waals surface area contributed by atoms with E-state index in [2.05, 4.69) is 10.3 Å². The van der Waals surface area contributed by atoms with Gasteiger partial charge in [0.15, 0.2) is 0 Å². The summed E-state index contributed by atoms with van der Waals surface area (Å²) < 4.78 is 51.1. The maximum atomic E-state index is 13.5. The summed E-state index contributed by atoms with van der Waals surface area (Å²) >= 11 is 0. The zero-order valence-corrected chi connectivity index (χ0v) is 9.91. The van der Waals surface area contributed by atoms with E-state index in [0.29, 0.717) is 23.9 Å². The molecule has 2 rings (SSSR count). The van der Waals surface area contributed by atoms with Gasteiger partial charge < -0.3 is 5.32 Å². The second kappa shape index (κ2) is 5.28. The van der Waals surface area contributed by atoms with Gasteiger partial charge in [0.1, 0.15) is 5.82 Å². The minimum atomic E-state index is -4.64. The Hall–Kier alpha value is -2.44. The van der Waals surface area contributed by atoms with E-state index in [1.807, 2.05) is 0 Å². The summed E-state index contributed by atoms with van der Waals surface area (Å²) in [6.45, 7) is 0. The third kappa shape index (κ3) is 3.11. The molecule has 1 amide bonds. The van der Waals surface area contributed by atoms with Gasteiger partial charge >= 0.3 is 6.18 Å². The van der Waals surface area contributed by atoms with E-state index in [9.17, 15) is 22.4 Å². The number of benzene rings is 1. The lowest BCUT2D eigenvalue weighted by Crippen LogP contribution is -2.16. The highest BCUT2D eigenvalue weighted by Gasteiger charge is 2.31. The molecule has 0 bridgehead atoms. The molecule has 1 N–H and O–H groups in total. The first-order chi connectivity index (χ1) is 9.38. The lowest BCUT2D eigenvalue weighted by molar-refractivity contribution is -0.137. The van der Waals surface area contributed by atoms with E-state index >= 15 is 0 Å². The van der Waals surface area contributed by atoms with Crippen molar-refractivity contribution >= 4 is 11.6 Å². The summed E-state index contributed by atoms with van der Waals surface area (Å²) in [5.74, 6) is -1.98. The predicted molar refractivity (Wildman–Crippen MR) is 63.6 cm³/mol. The molecule has 1 aromatic carbocycles. The molecule has 0 aliphatic carbocycles. The van der Waals surface area contributed by atoms with E-state index in [1.54, 1.807) is 0 Å². The Morgan fingerprint density at radius 1 is 1.10 bits per heavy atom. The molecule has 1 heterocycles. The largest absolute Gasteiger partial charge is 0.416 e. The van der Waals surface area contributed by atoms with Crippen molar-refractivity contribution in [3.63, 3.8) is 0 Å². The Morgan fingerprint density at radius 2 is 1.75 bits per heavy atom. The number of nitrogens with one attached hydrogen (secondary N) is 1. The van der Waals surface area contributed by atoms with Gasteiger partial charge in [-0.15, -0.1) is 0 Å². The molecular weight excluding hydrogens is 276 g/mol. The van der Waals surface area contributed by atoms with Gasteiger partial charge in [-0.25, -0.2) is 4.39 Å². The second-order valence-corrected chi connectivity index (χ2v) is 3.88. The summed E-state index contributed by atoms with van der Waals surface area (Å²) in [5.41, 5.74) is -1.45. The van der Waals surface area contributed by atoms with Gasteiger partial charge in [-0.3, -0.25) is 9.78 Å². The molecule has 0 aliphatic heterocycles. The van der Waals surface area contributed by atoms with Gasteiger partial charge in [0, 0.05) is 18.1 Å². The summed E-state index contributed by atoms with van der Waals surface area (Å²) in [6.07, 6.45) is -1.87. The van der Waals surface area contributed by atoms with Gasteiger partial charge in [0.05, 0.1) is 11.1 Å². The maximum Gasteiger partial charge on any atom is 0.416 e. The molecule has 0 radical (unpaired) electrons. The van der Waals surface area contributed by atoms with Crippen LogP contribution >= 0.6 is 0 Å². The van der Waals surface area contributed by atoms with Crippen molar-refractivity contribution in [3.8, 4) is 0 Å². The Bertz CT molecular complexity index is 626. The van der Waals surface area contributed by atoms with Crippen LogP contribution in [0.25, 0.3) is 0 Å².